The van der Waals surface area contributed by atoms with Crippen molar-refractivity contribution >= 4 is 0 Å². The van der Waals surface area contributed by atoms with E-state index < -0.39 is 0 Å². The van der Waals surface area contributed by atoms with Gasteiger partial charge in [-0.2, -0.15) is 0 Å². The van der Waals surface area contributed by atoms with Gasteiger partial charge in [-0.15, -0.1) is 0 Å². The standard InChI is InChI=1S/C13H26N2/c1-10-7-11(2)15(8-10)9-13(14)12-5-3-4-6-12/h10-13H,3-9,14H2,1-2H3. The minimum atomic E-state index is 0.431. The molecule has 3 atom stereocenters. The van der Waals surface area contributed by atoms with Crippen molar-refractivity contribution in [1.82, 2.24) is 4.90 Å². The van der Waals surface area contributed by atoms with E-state index in [1.165, 1.54) is 38.6 Å². The molecule has 88 valence electrons. The van der Waals surface area contributed by atoms with Crippen LogP contribution in [0.3, 0.4) is 0 Å². The molecule has 2 fully saturated rings. The summed E-state index contributed by atoms with van der Waals surface area (Å²) in [7, 11) is 0. The maximum atomic E-state index is 6.32. The van der Waals surface area contributed by atoms with E-state index in [9.17, 15) is 0 Å². The van der Waals surface area contributed by atoms with E-state index in [1.54, 1.807) is 0 Å². The number of rotatable bonds is 3. The van der Waals surface area contributed by atoms with Gasteiger partial charge < -0.3 is 5.73 Å². The molecule has 1 saturated heterocycles. The lowest BCUT2D eigenvalue weighted by Crippen LogP contribution is -2.43. The molecule has 2 nitrogen and oxygen atoms in total. The maximum Gasteiger partial charge on any atom is 0.0196 e. The Bertz CT molecular complexity index is 199. The average Bonchev–Trinajstić information content (AvgIpc) is 2.76. The monoisotopic (exact) mass is 210 g/mol. The van der Waals surface area contributed by atoms with E-state index >= 15 is 0 Å². The first kappa shape index (κ1) is 11.4. The number of nitrogens with two attached hydrogens (primary N) is 1. The van der Waals surface area contributed by atoms with Crippen molar-refractivity contribution in [2.75, 3.05) is 13.1 Å². The van der Waals surface area contributed by atoms with Gasteiger partial charge in [-0.1, -0.05) is 19.8 Å². The zero-order valence-electron chi connectivity index (χ0n) is 10.3. The predicted octanol–water partition coefficient (Wildman–Crippen LogP) is 2.23. The molecule has 2 rings (SSSR count). The molecule has 3 unspecified atom stereocenters. The molecule has 15 heavy (non-hydrogen) atoms. The zero-order valence-corrected chi connectivity index (χ0v) is 10.3. The third-order valence-electron chi connectivity index (χ3n) is 4.36. The molecule has 0 bridgehead atoms. The van der Waals surface area contributed by atoms with Gasteiger partial charge >= 0.3 is 0 Å². The Hall–Kier alpha value is -0.0800. The predicted molar refractivity (Wildman–Crippen MR) is 64.7 cm³/mol. The molecule has 0 aromatic carbocycles. The summed E-state index contributed by atoms with van der Waals surface area (Å²) in [5.41, 5.74) is 6.32. The first-order valence-electron chi connectivity index (χ1n) is 6.66. The SMILES string of the molecule is CC1CC(C)N(CC(N)C2CCCC2)C1. The number of likely N-dealkylation sites (tertiary alicyclic amines) is 1. The Morgan fingerprint density at radius 2 is 1.93 bits per heavy atom. The largest absolute Gasteiger partial charge is 0.326 e. The lowest BCUT2D eigenvalue weighted by molar-refractivity contribution is 0.222. The summed E-state index contributed by atoms with van der Waals surface area (Å²) in [5.74, 6) is 1.68. The second kappa shape index (κ2) is 4.84. The van der Waals surface area contributed by atoms with Crippen molar-refractivity contribution in [1.29, 1.82) is 0 Å². The van der Waals surface area contributed by atoms with Gasteiger partial charge in [-0.05, 0) is 38.0 Å². The second-order valence-corrected chi connectivity index (χ2v) is 5.85. The summed E-state index contributed by atoms with van der Waals surface area (Å²) in [6.45, 7) is 7.11. The molecule has 2 N–H and O–H groups in total. The summed E-state index contributed by atoms with van der Waals surface area (Å²) >= 11 is 0. The fourth-order valence-corrected chi connectivity index (χ4v) is 3.45. The summed E-state index contributed by atoms with van der Waals surface area (Å²) in [4.78, 5) is 2.60. The zero-order chi connectivity index (χ0) is 10.8. The highest BCUT2D eigenvalue weighted by Crippen LogP contribution is 2.29. The third-order valence-corrected chi connectivity index (χ3v) is 4.36. The summed E-state index contributed by atoms with van der Waals surface area (Å²) in [6, 6.07) is 1.19. The van der Waals surface area contributed by atoms with Crippen molar-refractivity contribution < 1.29 is 0 Å². The van der Waals surface area contributed by atoms with Crippen LogP contribution in [0.1, 0.15) is 46.0 Å². The molecule has 0 amide bonds. The van der Waals surface area contributed by atoms with E-state index in [0.717, 1.165) is 24.4 Å². The van der Waals surface area contributed by atoms with Crippen LogP contribution in [0.5, 0.6) is 0 Å². The van der Waals surface area contributed by atoms with Crippen molar-refractivity contribution in [3.63, 3.8) is 0 Å². The normalized spacial score (nSPS) is 36.2. The van der Waals surface area contributed by atoms with Crippen molar-refractivity contribution in [3.8, 4) is 0 Å². The molecular formula is C13H26N2. The van der Waals surface area contributed by atoms with E-state index in [4.69, 9.17) is 5.73 Å². The van der Waals surface area contributed by atoms with Gasteiger partial charge in [0.2, 0.25) is 0 Å². The third kappa shape index (κ3) is 2.73. The van der Waals surface area contributed by atoms with Gasteiger partial charge in [0, 0.05) is 25.2 Å². The van der Waals surface area contributed by atoms with Gasteiger partial charge in [-0.25, -0.2) is 0 Å². The van der Waals surface area contributed by atoms with Crippen molar-refractivity contribution in [3.05, 3.63) is 0 Å². The maximum absolute atomic E-state index is 6.32. The van der Waals surface area contributed by atoms with Crippen LogP contribution in [-0.2, 0) is 0 Å². The van der Waals surface area contributed by atoms with Crippen LogP contribution in [0.2, 0.25) is 0 Å². The Morgan fingerprint density at radius 1 is 1.27 bits per heavy atom. The molecule has 0 spiro atoms. The Balaban J connectivity index is 1.80. The van der Waals surface area contributed by atoms with E-state index in [-0.39, 0.29) is 0 Å². The summed E-state index contributed by atoms with van der Waals surface area (Å²) < 4.78 is 0. The first-order valence-corrected chi connectivity index (χ1v) is 6.66. The van der Waals surface area contributed by atoms with Crippen molar-refractivity contribution in [2.24, 2.45) is 17.6 Å². The van der Waals surface area contributed by atoms with Crippen LogP contribution in [0.25, 0.3) is 0 Å². The smallest absolute Gasteiger partial charge is 0.0196 e. The molecular weight excluding hydrogens is 184 g/mol. The van der Waals surface area contributed by atoms with Gasteiger partial charge in [0.05, 0.1) is 0 Å². The quantitative estimate of drug-likeness (QED) is 0.774. The average molecular weight is 210 g/mol. The Kier molecular flexibility index (Phi) is 3.68. The second-order valence-electron chi connectivity index (χ2n) is 5.85. The first-order chi connectivity index (χ1) is 7.16. The Labute approximate surface area is 94.2 Å². The van der Waals surface area contributed by atoms with Crippen LogP contribution < -0.4 is 5.73 Å². The molecule has 1 aliphatic heterocycles. The summed E-state index contributed by atoms with van der Waals surface area (Å²) in [6.07, 6.45) is 6.92. The van der Waals surface area contributed by atoms with Gasteiger partial charge in [-0.3, -0.25) is 4.90 Å². The number of hydrogen-bond donors (Lipinski definition) is 1. The van der Waals surface area contributed by atoms with E-state index in [0.29, 0.717) is 6.04 Å². The van der Waals surface area contributed by atoms with Gasteiger partial charge in [0.25, 0.3) is 0 Å². The van der Waals surface area contributed by atoms with Gasteiger partial charge in [0.15, 0.2) is 0 Å². The topological polar surface area (TPSA) is 29.3 Å². The molecule has 0 radical (unpaired) electrons. The highest BCUT2D eigenvalue weighted by atomic mass is 15.2. The molecule has 1 heterocycles. The molecule has 0 aromatic rings. The molecule has 2 heteroatoms. The molecule has 1 saturated carbocycles. The highest BCUT2D eigenvalue weighted by molar-refractivity contribution is 4.86. The van der Waals surface area contributed by atoms with E-state index in [1.807, 2.05) is 0 Å². The van der Waals surface area contributed by atoms with Crippen molar-refractivity contribution in [2.45, 2.75) is 58.0 Å². The molecule has 1 aliphatic carbocycles. The number of hydrogen-bond acceptors (Lipinski definition) is 2. The van der Waals surface area contributed by atoms with Crippen LogP contribution >= 0.6 is 0 Å². The Morgan fingerprint density at radius 3 is 2.47 bits per heavy atom. The van der Waals surface area contributed by atoms with Crippen LogP contribution in [0, 0.1) is 11.8 Å². The number of nitrogens with zero attached hydrogens (tertiary/aromatic N) is 1. The summed E-state index contributed by atoms with van der Waals surface area (Å²) in [5, 5.41) is 0. The molecule has 0 aromatic heterocycles. The minimum absolute atomic E-state index is 0.431. The van der Waals surface area contributed by atoms with Gasteiger partial charge in [0.1, 0.15) is 0 Å². The lowest BCUT2D eigenvalue weighted by atomic mass is 9.98. The highest BCUT2D eigenvalue weighted by Gasteiger charge is 2.30. The van der Waals surface area contributed by atoms with Crippen LogP contribution in [-0.4, -0.2) is 30.1 Å². The fraction of sp³-hybridized carbons (Fsp3) is 1.00. The van der Waals surface area contributed by atoms with Crippen LogP contribution in [0.4, 0.5) is 0 Å². The minimum Gasteiger partial charge on any atom is -0.326 e. The molecule has 2 aliphatic rings. The van der Waals surface area contributed by atoms with E-state index in [2.05, 4.69) is 18.7 Å². The fourth-order valence-electron chi connectivity index (χ4n) is 3.45. The van der Waals surface area contributed by atoms with Crippen LogP contribution in [0.15, 0.2) is 0 Å². The lowest BCUT2D eigenvalue weighted by Gasteiger charge is -2.28.